The molecule has 16 heavy (non-hydrogen) atoms. The summed E-state index contributed by atoms with van der Waals surface area (Å²) in [6, 6.07) is 0.249. The van der Waals surface area contributed by atoms with E-state index in [9.17, 15) is 5.11 Å². The van der Waals surface area contributed by atoms with Gasteiger partial charge >= 0.3 is 0 Å². The van der Waals surface area contributed by atoms with Crippen LogP contribution in [0.2, 0.25) is 0 Å². The van der Waals surface area contributed by atoms with Crippen LogP contribution in [0.3, 0.4) is 0 Å². The van der Waals surface area contributed by atoms with Crippen LogP contribution in [0, 0.1) is 0 Å². The minimum Gasteiger partial charge on any atom is -0.395 e. The first-order chi connectivity index (χ1) is 7.51. The van der Waals surface area contributed by atoms with Crippen molar-refractivity contribution in [3.63, 3.8) is 0 Å². The molecule has 1 N–H and O–H groups in total. The van der Waals surface area contributed by atoms with Crippen molar-refractivity contribution < 1.29 is 9.84 Å². The van der Waals surface area contributed by atoms with Crippen molar-refractivity contribution in [1.82, 2.24) is 9.80 Å². The van der Waals surface area contributed by atoms with Gasteiger partial charge in [-0.3, -0.25) is 9.80 Å². The number of methoxy groups -OCH3 is 1. The summed E-state index contributed by atoms with van der Waals surface area (Å²) < 4.78 is 5.16. The normalized spacial score (nSPS) is 27.9. The van der Waals surface area contributed by atoms with Gasteiger partial charge in [-0.15, -0.1) is 0 Å². The molecule has 4 nitrogen and oxygen atoms in total. The van der Waals surface area contributed by atoms with E-state index >= 15 is 0 Å². The summed E-state index contributed by atoms with van der Waals surface area (Å²) >= 11 is 0. The Kier molecular flexibility index (Phi) is 5.18. The van der Waals surface area contributed by atoms with Gasteiger partial charge in [-0.2, -0.15) is 0 Å². The van der Waals surface area contributed by atoms with Crippen molar-refractivity contribution in [1.29, 1.82) is 0 Å². The van der Waals surface area contributed by atoms with Crippen molar-refractivity contribution in [2.75, 3.05) is 47.0 Å². The summed E-state index contributed by atoms with van der Waals surface area (Å²) in [6.07, 6.45) is 1.13. The summed E-state index contributed by atoms with van der Waals surface area (Å²) in [5.41, 5.74) is 0.191. The lowest BCUT2D eigenvalue weighted by Crippen LogP contribution is -2.48. The molecule has 0 amide bonds. The molecule has 4 heteroatoms. The molecule has 0 aromatic carbocycles. The second kappa shape index (κ2) is 5.96. The van der Waals surface area contributed by atoms with Gasteiger partial charge in [0.25, 0.3) is 0 Å². The van der Waals surface area contributed by atoms with E-state index in [1.165, 1.54) is 0 Å². The van der Waals surface area contributed by atoms with E-state index in [2.05, 4.69) is 30.7 Å². The van der Waals surface area contributed by atoms with Crippen molar-refractivity contribution >= 4 is 0 Å². The third-order valence-corrected chi connectivity index (χ3v) is 3.76. The molecule has 0 bridgehead atoms. The Balaban J connectivity index is 2.68. The van der Waals surface area contributed by atoms with Gasteiger partial charge < -0.3 is 9.84 Å². The minimum absolute atomic E-state index is 0.191. The maximum absolute atomic E-state index is 9.40. The fourth-order valence-corrected chi connectivity index (χ4v) is 2.22. The first kappa shape index (κ1) is 13.9. The van der Waals surface area contributed by atoms with Crippen LogP contribution >= 0.6 is 0 Å². The molecule has 0 aromatic heterocycles. The number of rotatable bonds is 4. The van der Waals surface area contributed by atoms with Gasteiger partial charge in [-0.25, -0.2) is 0 Å². The number of nitrogens with zero attached hydrogens (tertiary/aromatic N) is 2. The molecule has 0 aliphatic carbocycles. The Morgan fingerprint density at radius 1 is 1.44 bits per heavy atom. The van der Waals surface area contributed by atoms with Crippen LogP contribution in [-0.4, -0.2) is 73.5 Å². The molecule has 0 radical (unpaired) electrons. The number of hydrogen-bond donors (Lipinski definition) is 1. The molecule has 1 saturated heterocycles. The highest BCUT2D eigenvalue weighted by Gasteiger charge is 2.33. The zero-order chi connectivity index (χ0) is 12.2. The lowest BCUT2D eigenvalue weighted by Gasteiger charge is -2.37. The first-order valence-corrected chi connectivity index (χ1v) is 6.06. The highest BCUT2D eigenvalue weighted by molar-refractivity contribution is 4.89. The molecule has 1 fully saturated rings. The summed E-state index contributed by atoms with van der Waals surface area (Å²) in [4.78, 5) is 4.69. The van der Waals surface area contributed by atoms with Gasteiger partial charge in [0.1, 0.15) is 0 Å². The van der Waals surface area contributed by atoms with Crippen LogP contribution in [0.5, 0.6) is 0 Å². The zero-order valence-electron chi connectivity index (χ0n) is 11.1. The summed E-state index contributed by atoms with van der Waals surface area (Å²) in [7, 11) is 3.83. The summed E-state index contributed by atoms with van der Waals surface area (Å²) in [5.74, 6) is 0. The largest absolute Gasteiger partial charge is 0.395 e. The third-order valence-electron chi connectivity index (χ3n) is 3.76. The van der Waals surface area contributed by atoms with E-state index in [0.29, 0.717) is 0 Å². The Morgan fingerprint density at radius 2 is 2.12 bits per heavy atom. The van der Waals surface area contributed by atoms with Gasteiger partial charge in [0.2, 0.25) is 0 Å². The highest BCUT2D eigenvalue weighted by atomic mass is 16.5. The van der Waals surface area contributed by atoms with Crippen LogP contribution in [0.1, 0.15) is 20.3 Å². The maximum atomic E-state index is 9.40. The van der Waals surface area contributed by atoms with Gasteiger partial charge in [0.05, 0.1) is 13.2 Å². The maximum Gasteiger partial charge on any atom is 0.0599 e. The van der Waals surface area contributed by atoms with Gasteiger partial charge in [-0.05, 0) is 27.3 Å². The Hall–Kier alpha value is -0.160. The van der Waals surface area contributed by atoms with E-state index in [0.717, 1.165) is 32.7 Å². The average molecular weight is 230 g/mol. The van der Waals surface area contributed by atoms with Gasteiger partial charge in [0, 0.05) is 38.3 Å². The standard InChI is InChI=1S/C12H26N2O2/c1-12(2)5-6-13(3)11(10-15)9-14(12)7-8-16-4/h11,15H,5-10H2,1-4H3. The topological polar surface area (TPSA) is 35.9 Å². The molecule has 1 heterocycles. The molecular weight excluding hydrogens is 204 g/mol. The fourth-order valence-electron chi connectivity index (χ4n) is 2.22. The fraction of sp³-hybridized carbons (Fsp3) is 1.00. The number of ether oxygens (including phenoxy) is 1. The number of aliphatic hydroxyl groups is 1. The predicted octanol–water partition coefficient (Wildman–Crippen LogP) is 0.410. The highest BCUT2D eigenvalue weighted by Crippen LogP contribution is 2.23. The van der Waals surface area contributed by atoms with Crippen molar-refractivity contribution in [2.45, 2.75) is 31.8 Å². The quantitative estimate of drug-likeness (QED) is 0.759. The van der Waals surface area contributed by atoms with Crippen molar-refractivity contribution in [3.8, 4) is 0 Å². The third kappa shape index (κ3) is 3.42. The molecule has 1 rings (SSSR count). The van der Waals surface area contributed by atoms with Crippen LogP contribution in [0.25, 0.3) is 0 Å². The van der Waals surface area contributed by atoms with Crippen LogP contribution in [0.4, 0.5) is 0 Å². The first-order valence-electron chi connectivity index (χ1n) is 6.06. The van der Waals surface area contributed by atoms with E-state index in [1.807, 2.05) is 0 Å². The Labute approximate surface area is 99.2 Å². The molecule has 1 unspecified atom stereocenters. The molecule has 1 aliphatic heterocycles. The average Bonchev–Trinajstić information content (AvgIpc) is 2.35. The summed E-state index contributed by atoms with van der Waals surface area (Å²) in [6.45, 7) is 8.44. The predicted molar refractivity (Wildman–Crippen MR) is 65.6 cm³/mol. The second-order valence-corrected chi connectivity index (χ2v) is 5.32. The second-order valence-electron chi connectivity index (χ2n) is 5.32. The van der Waals surface area contributed by atoms with E-state index in [4.69, 9.17) is 4.74 Å². The Bertz CT molecular complexity index is 209. The van der Waals surface area contributed by atoms with Crippen LogP contribution in [-0.2, 0) is 4.74 Å². The molecule has 0 saturated carbocycles. The van der Waals surface area contributed by atoms with Gasteiger partial charge in [0.15, 0.2) is 0 Å². The lowest BCUT2D eigenvalue weighted by atomic mass is 9.98. The van der Waals surface area contributed by atoms with E-state index in [-0.39, 0.29) is 18.2 Å². The summed E-state index contributed by atoms with van der Waals surface area (Å²) in [5, 5.41) is 9.40. The number of aliphatic hydroxyl groups excluding tert-OH is 1. The SMILES string of the molecule is COCCN1CC(CO)N(C)CCC1(C)C. The zero-order valence-corrected chi connectivity index (χ0v) is 11.1. The smallest absolute Gasteiger partial charge is 0.0599 e. The molecule has 96 valence electrons. The van der Waals surface area contributed by atoms with E-state index in [1.54, 1.807) is 7.11 Å². The van der Waals surface area contributed by atoms with Gasteiger partial charge in [-0.1, -0.05) is 0 Å². The molecule has 0 aromatic rings. The number of likely N-dealkylation sites (N-methyl/N-ethyl adjacent to an activating group) is 1. The number of hydrogen-bond acceptors (Lipinski definition) is 4. The molecule has 1 aliphatic rings. The minimum atomic E-state index is 0.191. The Morgan fingerprint density at radius 3 is 2.69 bits per heavy atom. The molecule has 1 atom stereocenters. The van der Waals surface area contributed by atoms with E-state index < -0.39 is 0 Å². The van der Waals surface area contributed by atoms with Crippen molar-refractivity contribution in [2.24, 2.45) is 0 Å². The molecule has 0 spiro atoms. The van der Waals surface area contributed by atoms with Crippen molar-refractivity contribution in [3.05, 3.63) is 0 Å². The lowest BCUT2D eigenvalue weighted by molar-refractivity contribution is 0.0637. The monoisotopic (exact) mass is 230 g/mol. The van der Waals surface area contributed by atoms with Crippen LogP contribution < -0.4 is 0 Å². The molecular formula is C12H26N2O2. The van der Waals surface area contributed by atoms with Crippen LogP contribution in [0.15, 0.2) is 0 Å².